The SMILES string of the molecule is COc1cc(/C=N\NC(=O)CN(c2ccc(C)c(Cl)c2)S(=O)(=O)c2ccc(C)cc2)cc(Br)c1O. The third kappa shape index (κ3) is 6.33. The first-order chi connectivity index (χ1) is 16.5. The van der Waals surface area contributed by atoms with E-state index >= 15 is 0 Å². The van der Waals surface area contributed by atoms with E-state index in [1.165, 1.54) is 37.6 Å². The molecule has 0 aliphatic heterocycles. The maximum atomic E-state index is 13.4. The lowest BCUT2D eigenvalue weighted by Crippen LogP contribution is -2.39. The highest BCUT2D eigenvalue weighted by Gasteiger charge is 2.27. The number of methoxy groups -OCH3 is 1. The second-order valence-corrected chi connectivity index (χ2v) is 10.7. The molecule has 8 nitrogen and oxygen atoms in total. The molecule has 0 heterocycles. The van der Waals surface area contributed by atoms with Crippen LogP contribution >= 0.6 is 27.5 Å². The summed E-state index contributed by atoms with van der Waals surface area (Å²) in [7, 11) is -2.67. The highest BCUT2D eigenvalue weighted by Crippen LogP contribution is 2.34. The number of halogens is 2. The van der Waals surface area contributed by atoms with Gasteiger partial charge in [0.2, 0.25) is 0 Å². The Morgan fingerprint density at radius 2 is 1.86 bits per heavy atom. The molecule has 0 aliphatic carbocycles. The minimum atomic E-state index is -4.08. The first kappa shape index (κ1) is 26.5. The first-order valence-corrected chi connectivity index (χ1v) is 12.9. The van der Waals surface area contributed by atoms with Gasteiger partial charge in [-0.1, -0.05) is 35.4 Å². The van der Waals surface area contributed by atoms with Gasteiger partial charge >= 0.3 is 0 Å². The van der Waals surface area contributed by atoms with E-state index in [-0.39, 0.29) is 22.1 Å². The van der Waals surface area contributed by atoms with E-state index < -0.39 is 22.5 Å². The van der Waals surface area contributed by atoms with E-state index in [4.69, 9.17) is 16.3 Å². The van der Waals surface area contributed by atoms with Crippen LogP contribution in [0.2, 0.25) is 5.02 Å². The summed E-state index contributed by atoms with van der Waals surface area (Å²) in [6, 6.07) is 14.2. The normalized spacial score (nSPS) is 11.5. The standard InChI is InChI=1S/C24H23BrClN3O5S/c1-15-4-8-19(9-5-15)35(32,33)29(18-7-6-16(2)21(26)12-18)14-23(30)28-27-13-17-10-20(25)24(31)22(11-17)34-3/h4-13,31H,14H2,1-3H3,(H,28,30)/b27-13-. The van der Waals surface area contributed by atoms with Crippen molar-refractivity contribution < 1.29 is 23.1 Å². The van der Waals surface area contributed by atoms with Crippen LogP contribution in [0.5, 0.6) is 11.5 Å². The number of hydrazone groups is 1. The molecule has 0 unspecified atom stereocenters. The number of aromatic hydroxyl groups is 1. The van der Waals surface area contributed by atoms with Crippen molar-refractivity contribution >= 4 is 55.4 Å². The van der Waals surface area contributed by atoms with Crippen LogP contribution in [0, 0.1) is 13.8 Å². The summed E-state index contributed by atoms with van der Waals surface area (Å²) >= 11 is 9.45. The molecule has 0 bridgehead atoms. The molecule has 0 fully saturated rings. The van der Waals surface area contributed by atoms with Gasteiger partial charge in [0, 0.05) is 5.02 Å². The van der Waals surface area contributed by atoms with Crippen LogP contribution < -0.4 is 14.5 Å². The molecule has 11 heteroatoms. The molecule has 35 heavy (non-hydrogen) atoms. The fourth-order valence-corrected chi connectivity index (χ4v) is 5.11. The van der Waals surface area contributed by atoms with E-state index in [9.17, 15) is 18.3 Å². The number of amides is 1. The van der Waals surface area contributed by atoms with Gasteiger partial charge in [0.05, 0.1) is 28.4 Å². The minimum Gasteiger partial charge on any atom is -0.503 e. The summed E-state index contributed by atoms with van der Waals surface area (Å²) in [5.41, 5.74) is 4.78. The average Bonchev–Trinajstić information content (AvgIpc) is 2.81. The van der Waals surface area contributed by atoms with Crippen molar-refractivity contribution in [2.75, 3.05) is 18.0 Å². The minimum absolute atomic E-state index is 0.0390. The summed E-state index contributed by atoms with van der Waals surface area (Å²) in [6.07, 6.45) is 1.34. The Bertz CT molecular complexity index is 1380. The molecule has 3 rings (SSSR count). The van der Waals surface area contributed by atoms with Gasteiger partial charge in [-0.25, -0.2) is 13.8 Å². The Balaban J connectivity index is 1.87. The number of nitrogens with one attached hydrogen (secondary N) is 1. The fraction of sp³-hybridized carbons (Fsp3) is 0.167. The Labute approximate surface area is 217 Å². The number of benzene rings is 3. The summed E-state index contributed by atoms with van der Waals surface area (Å²) < 4.78 is 33.3. The average molecular weight is 581 g/mol. The highest BCUT2D eigenvalue weighted by molar-refractivity contribution is 9.10. The number of phenols is 1. The van der Waals surface area contributed by atoms with Crippen molar-refractivity contribution in [2.24, 2.45) is 5.10 Å². The molecule has 0 saturated carbocycles. The van der Waals surface area contributed by atoms with Crippen LogP contribution in [-0.2, 0) is 14.8 Å². The second kappa shape index (κ2) is 11.1. The lowest BCUT2D eigenvalue weighted by atomic mass is 10.2. The number of sulfonamides is 1. The van der Waals surface area contributed by atoms with Crippen LogP contribution in [0.25, 0.3) is 0 Å². The van der Waals surface area contributed by atoms with Gasteiger partial charge in [-0.3, -0.25) is 9.10 Å². The van der Waals surface area contributed by atoms with Crippen molar-refractivity contribution in [1.82, 2.24) is 5.43 Å². The molecule has 3 aromatic rings. The van der Waals surface area contributed by atoms with Gasteiger partial charge in [-0.05, 0) is 77.3 Å². The molecular weight excluding hydrogens is 558 g/mol. The monoisotopic (exact) mass is 579 g/mol. The lowest BCUT2D eigenvalue weighted by molar-refractivity contribution is -0.119. The van der Waals surface area contributed by atoms with Gasteiger partial charge in [0.25, 0.3) is 15.9 Å². The van der Waals surface area contributed by atoms with Gasteiger partial charge in [-0.15, -0.1) is 0 Å². The van der Waals surface area contributed by atoms with Crippen LogP contribution in [0.1, 0.15) is 16.7 Å². The number of carbonyl (C=O) groups is 1. The molecule has 3 aromatic carbocycles. The third-order valence-corrected chi connectivity index (χ3v) is 7.81. The van der Waals surface area contributed by atoms with Gasteiger partial charge in [0.1, 0.15) is 6.54 Å². The zero-order chi connectivity index (χ0) is 25.8. The summed E-state index contributed by atoms with van der Waals surface area (Å²) in [4.78, 5) is 12.7. The number of hydrogen-bond acceptors (Lipinski definition) is 6. The smallest absolute Gasteiger partial charge is 0.264 e. The molecule has 0 aliphatic rings. The number of hydrogen-bond donors (Lipinski definition) is 2. The van der Waals surface area contributed by atoms with Crippen LogP contribution in [0.3, 0.4) is 0 Å². The van der Waals surface area contributed by atoms with Crippen molar-refractivity contribution in [3.05, 3.63) is 80.8 Å². The van der Waals surface area contributed by atoms with E-state index in [0.717, 1.165) is 15.4 Å². The summed E-state index contributed by atoms with van der Waals surface area (Å²) in [6.45, 7) is 3.11. The zero-order valence-corrected chi connectivity index (χ0v) is 22.3. The zero-order valence-electron chi connectivity index (χ0n) is 19.1. The van der Waals surface area contributed by atoms with Gasteiger partial charge in [0.15, 0.2) is 11.5 Å². The first-order valence-electron chi connectivity index (χ1n) is 10.3. The van der Waals surface area contributed by atoms with Crippen molar-refractivity contribution in [3.63, 3.8) is 0 Å². The number of carbonyl (C=O) groups excluding carboxylic acids is 1. The predicted octanol–water partition coefficient (Wildman–Crippen LogP) is 4.78. The van der Waals surface area contributed by atoms with Crippen LogP contribution in [-0.4, -0.2) is 39.3 Å². The molecule has 2 N–H and O–H groups in total. The number of rotatable bonds is 8. The maximum Gasteiger partial charge on any atom is 0.264 e. The largest absolute Gasteiger partial charge is 0.503 e. The topological polar surface area (TPSA) is 108 Å². The van der Waals surface area contributed by atoms with Gasteiger partial charge in [-0.2, -0.15) is 5.10 Å². The van der Waals surface area contributed by atoms with E-state index in [1.807, 2.05) is 6.92 Å². The Hall–Kier alpha value is -3.08. The predicted molar refractivity (Wildman–Crippen MR) is 140 cm³/mol. The number of nitrogens with zero attached hydrogens (tertiary/aromatic N) is 2. The van der Waals surface area contributed by atoms with Crippen molar-refractivity contribution in [2.45, 2.75) is 18.7 Å². The van der Waals surface area contributed by atoms with Crippen molar-refractivity contribution in [1.29, 1.82) is 0 Å². The summed E-state index contributed by atoms with van der Waals surface area (Å²) in [5.74, 6) is -0.514. The molecule has 0 atom stereocenters. The quantitative estimate of drug-likeness (QED) is 0.295. The Morgan fingerprint density at radius 3 is 2.49 bits per heavy atom. The number of phenolic OH excluding ortho intramolecular Hbond substituents is 1. The number of ether oxygens (including phenoxy) is 1. The highest BCUT2D eigenvalue weighted by atomic mass is 79.9. The number of anilines is 1. The lowest BCUT2D eigenvalue weighted by Gasteiger charge is -2.24. The molecule has 0 spiro atoms. The maximum absolute atomic E-state index is 13.4. The fourth-order valence-electron chi connectivity index (χ4n) is 3.06. The molecular formula is C24H23BrClN3O5S. The summed E-state index contributed by atoms with van der Waals surface area (Å²) in [5, 5.41) is 14.2. The Morgan fingerprint density at radius 1 is 1.17 bits per heavy atom. The molecule has 0 radical (unpaired) electrons. The number of aryl methyl sites for hydroxylation is 2. The van der Waals surface area contributed by atoms with Gasteiger partial charge < -0.3 is 9.84 Å². The van der Waals surface area contributed by atoms with Crippen LogP contribution in [0.4, 0.5) is 5.69 Å². The Kier molecular flexibility index (Phi) is 8.42. The third-order valence-electron chi connectivity index (χ3n) is 5.01. The molecule has 184 valence electrons. The van der Waals surface area contributed by atoms with Crippen LogP contribution in [0.15, 0.2) is 69.1 Å². The second-order valence-electron chi connectivity index (χ2n) is 7.60. The van der Waals surface area contributed by atoms with Crippen molar-refractivity contribution in [3.8, 4) is 11.5 Å². The van der Waals surface area contributed by atoms with E-state index in [2.05, 4.69) is 26.5 Å². The molecule has 0 saturated heterocycles. The molecule has 1 amide bonds. The van der Waals surface area contributed by atoms with E-state index in [0.29, 0.717) is 15.1 Å². The molecule has 0 aromatic heterocycles. The van der Waals surface area contributed by atoms with E-state index in [1.54, 1.807) is 37.3 Å².